The van der Waals surface area contributed by atoms with Crippen molar-refractivity contribution in [2.24, 2.45) is 0 Å². The molecule has 2 aromatic heterocycles. The second-order valence-corrected chi connectivity index (χ2v) is 21.8. The highest BCUT2D eigenvalue weighted by atomic mass is 16.3. The lowest BCUT2D eigenvalue weighted by Crippen LogP contribution is -2.56. The second kappa shape index (κ2) is 16.5. The first-order valence-corrected chi connectivity index (χ1v) is 27.8. The van der Waals surface area contributed by atoms with Gasteiger partial charge in [-0.3, -0.25) is 0 Å². The van der Waals surface area contributed by atoms with Crippen LogP contribution >= 0.6 is 0 Å². The van der Waals surface area contributed by atoms with Crippen molar-refractivity contribution in [1.82, 2.24) is 4.48 Å². The van der Waals surface area contributed by atoms with Crippen LogP contribution in [0.5, 0.6) is 0 Å². The minimum atomic E-state index is -0.274. The zero-order chi connectivity index (χ0) is 52.2. The molecule has 4 heteroatoms. The van der Waals surface area contributed by atoms with Crippen LogP contribution in [0.1, 0.15) is 0 Å². The van der Waals surface area contributed by atoms with E-state index in [9.17, 15) is 0 Å². The van der Waals surface area contributed by atoms with E-state index in [1.807, 2.05) is 0 Å². The number of benzene rings is 14. The predicted octanol–water partition coefficient (Wildman–Crippen LogP) is 19.4. The van der Waals surface area contributed by atoms with Gasteiger partial charge in [0.15, 0.2) is 0 Å². The molecule has 80 heavy (non-hydrogen) atoms. The molecule has 2 aliphatic rings. The van der Waals surface area contributed by atoms with Gasteiger partial charge in [0.2, 0.25) is 0 Å². The van der Waals surface area contributed by atoms with E-state index in [4.69, 9.17) is 4.42 Å². The minimum Gasteiger partial charge on any atom is -0.455 e. The molecule has 0 saturated heterocycles. The maximum atomic E-state index is 7.34. The molecule has 0 radical (unpaired) electrons. The zero-order valence-electron chi connectivity index (χ0n) is 43.4. The number of furan rings is 1. The van der Waals surface area contributed by atoms with Gasteiger partial charge >= 0.3 is 6.85 Å². The largest absolute Gasteiger partial charge is 0.455 e. The Bertz CT molecular complexity index is 5240. The number of aromatic nitrogens is 1. The summed E-state index contributed by atoms with van der Waals surface area (Å²) < 4.78 is 10.1. The quantitative estimate of drug-likeness (QED) is 0.127. The van der Waals surface area contributed by atoms with Crippen LogP contribution in [0.2, 0.25) is 0 Å². The molecule has 0 fully saturated rings. The number of rotatable bonds is 5. The fourth-order valence-corrected chi connectivity index (χ4v) is 14.4. The lowest BCUT2D eigenvalue weighted by atomic mass is 9.44. The highest BCUT2D eigenvalue weighted by molar-refractivity contribution is 6.90. The van der Waals surface area contributed by atoms with Gasteiger partial charge in [-0.05, 0) is 147 Å². The van der Waals surface area contributed by atoms with Gasteiger partial charge in [-0.2, -0.15) is 0 Å². The van der Waals surface area contributed by atoms with E-state index in [0.29, 0.717) is 0 Å². The normalized spacial score (nSPS) is 12.7. The van der Waals surface area contributed by atoms with Gasteiger partial charge in [-0.1, -0.05) is 224 Å². The van der Waals surface area contributed by atoms with Crippen molar-refractivity contribution >= 4 is 122 Å². The number of hydrogen-bond acceptors (Lipinski definition) is 2. The summed E-state index contributed by atoms with van der Waals surface area (Å²) in [5.41, 5.74) is 21.9. The average molecular weight is 1010 g/mol. The Balaban J connectivity index is 1.09. The summed E-state index contributed by atoms with van der Waals surface area (Å²) in [5, 5.41) is 14.6. The Morgan fingerprint density at radius 1 is 0.325 bits per heavy atom. The smallest absolute Gasteiger partial charge is 0.333 e. The minimum absolute atomic E-state index is 0.274. The van der Waals surface area contributed by atoms with E-state index in [1.54, 1.807) is 0 Å². The van der Waals surface area contributed by atoms with E-state index >= 15 is 0 Å². The van der Waals surface area contributed by atoms with Crippen molar-refractivity contribution in [3.63, 3.8) is 0 Å². The fraction of sp³-hybridized carbons (Fsp3) is 0. The van der Waals surface area contributed by atoms with Crippen LogP contribution in [-0.2, 0) is 0 Å². The van der Waals surface area contributed by atoms with Gasteiger partial charge < -0.3 is 13.8 Å². The molecule has 0 bridgehead atoms. The lowest BCUT2D eigenvalue weighted by Gasteiger charge is -2.41. The molecule has 0 saturated carbocycles. The molecular weight excluding hydrogens is 968 g/mol. The summed E-state index contributed by atoms with van der Waals surface area (Å²) >= 11 is 0. The van der Waals surface area contributed by atoms with Crippen LogP contribution in [0.4, 0.5) is 17.1 Å². The first-order chi connectivity index (χ1) is 39.7. The van der Waals surface area contributed by atoms with Crippen molar-refractivity contribution in [2.75, 3.05) is 4.90 Å². The summed E-state index contributed by atoms with van der Waals surface area (Å²) in [6, 6.07) is 102. The van der Waals surface area contributed by atoms with Crippen molar-refractivity contribution in [1.29, 1.82) is 0 Å². The van der Waals surface area contributed by atoms with E-state index in [2.05, 4.69) is 282 Å². The monoisotopic (exact) mass is 1010 g/mol. The predicted molar refractivity (Wildman–Crippen MR) is 339 cm³/mol. The van der Waals surface area contributed by atoms with Crippen molar-refractivity contribution in [2.45, 2.75) is 0 Å². The van der Waals surface area contributed by atoms with Gasteiger partial charge in [0.1, 0.15) is 11.2 Å². The summed E-state index contributed by atoms with van der Waals surface area (Å²) in [4.78, 5) is 2.63. The Labute approximate surface area is 461 Å². The Hall–Kier alpha value is -10.4. The van der Waals surface area contributed by atoms with Crippen LogP contribution in [0, 0.1) is 0 Å². The molecule has 18 rings (SSSR count). The van der Waals surface area contributed by atoms with Crippen LogP contribution in [0.15, 0.2) is 277 Å². The van der Waals surface area contributed by atoms with E-state index < -0.39 is 0 Å². The van der Waals surface area contributed by atoms with E-state index in [-0.39, 0.29) is 6.85 Å². The number of para-hydroxylation sites is 1. The number of fused-ring (bicyclic) bond motifs is 17. The molecule has 3 nitrogen and oxygen atoms in total. The van der Waals surface area contributed by atoms with E-state index in [0.717, 1.165) is 66.8 Å². The van der Waals surface area contributed by atoms with Crippen LogP contribution < -0.4 is 15.8 Å². The second-order valence-electron chi connectivity index (χ2n) is 21.8. The molecule has 0 N–H and O–H groups in total. The van der Waals surface area contributed by atoms with Crippen LogP contribution in [-0.4, -0.2) is 11.3 Å². The van der Waals surface area contributed by atoms with Gasteiger partial charge in [0, 0.05) is 60.8 Å². The number of anilines is 3. The summed E-state index contributed by atoms with van der Waals surface area (Å²) in [6.45, 7) is -0.274. The Morgan fingerprint density at radius 3 is 1.48 bits per heavy atom. The molecule has 368 valence electrons. The van der Waals surface area contributed by atoms with Crippen LogP contribution in [0.25, 0.3) is 142 Å². The topological polar surface area (TPSA) is 21.3 Å². The maximum Gasteiger partial charge on any atom is 0.333 e. The molecule has 0 spiro atoms. The van der Waals surface area contributed by atoms with Gasteiger partial charge in [0.25, 0.3) is 0 Å². The molecule has 14 aromatic carbocycles. The molecule has 16 aromatic rings. The van der Waals surface area contributed by atoms with Gasteiger partial charge in [-0.15, -0.1) is 0 Å². The molecular formula is C76H45BN2O. The first kappa shape index (κ1) is 43.7. The molecule has 0 amide bonds. The van der Waals surface area contributed by atoms with Gasteiger partial charge in [-0.25, -0.2) is 0 Å². The Kier molecular flexibility index (Phi) is 9.03. The summed E-state index contributed by atoms with van der Waals surface area (Å²) in [6.07, 6.45) is 0. The third-order valence-electron chi connectivity index (χ3n) is 17.6. The Morgan fingerprint density at radius 2 is 0.838 bits per heavy atom. The fourth-order valence-electron chi connectivity index (χ4n) is 14.4. The highest BCUT2D eigenvalue weighted by Crippen LogP contribution is 2.54. The molecule has 2 aliphatic heterocycles. The van der Waals surface area contributed by atoms with Crippen molar-refractivity contribution in [3.8, 4) is 55.6 Å². The molecule has 0 atom stereocenters. The van der Waals surface area contributed by atoms with E-state index in [1.165, 1.54) is 104 Å². The third-order valence-corrected chi connectivity index (χ3v) is 17.6. The lowest BCUT2D eigenvalue weighted by molar-refractivity contribution is 0.670. The standard InChI is InChI=1S/C76H45BN2O/c1-5-21-46(22-6-1)52-39-53(47-23-7-2-8-24-47)41-54(40-52)78-66-44-61-60(69(49-26-9-3-10-27-49)58-34-17-18-35-59(58)70(61)50-28-11-4-12-29-50)43-64(66)77-74-67(78)45-62-57-33-19-20-36-68(57)80-76(62)73(74)63-42-51-30-14-16-32-56(51)72-71-55-31-15-13-25-48(55)37-38-65(71)79(77)75(63)72/h1-45H. The molecule has 4 heterocycles. The van der Waals surface area contributed by atoms with Crippen LogP contribution in [0.3, 0.4) is 0 Å². The molecule has 0 unspecified atom stereocenters. The highest BCUT2D eigenvalue weighted by Gasteiger charge is 2.45. The zero-order valence-corrected chi connectivity index (χ0v) is 43.4. The number of nitrogens with zero attached hydrogens (tertiary/aromatic N) is 2. The third kappa shape index (κ3) is 6.05. The van der Waals surface area contributed by atoms with Crippen molar-refractivity contribution in [3.05, 3.63) is 273 Å². The summed E-state index contributed by atoms with van der Waals surface area (Å²) in [5.74, 6) is 0. The van der Waals surface area contributed by atoms with Crippen molar-refractivity contribution < 1.29 is 4.42 Å². The number of hydrogen-bond donors (Lipinski definition) is 0. The van der Waals surface area contributed by atoms with Gasteiger partial charge in [0.05, 0.1) is 0 Å². The average Bonchev–Trinajstić information content (AvgIpc) is 4.19. The SMILES string of the molecule is c1ccc(-c2cc(-c3ccccc3)cc(N3c4cc5c(-c6ccccc6)c6ccccc6c(-c6ccccc6)c5cc4B4c5c3cc3c(oc6ccccc63)c5-c3cc5ccccc5c5c6c7ccccc7ccc6n4c35)c2)cc1. The maximum absolute atomic E-state index is 7.34. The first-order valence-electron chi connectivity index (χ1n) is 27.8. The summed E-state index contributed by atoms with van der Waals surface area (Å²) in [7, 11) is 0. The molecule has 0 aliphatic carbocycles.